The Hall–Kier alpha value is -4.34. The molecule has 5 rings (SSSR count). The quantitative estimate of drug-likeness (QED) is 0.280. The number of furan rings is 1. The number of hydrogen-bond donors (Lipinski definition) is 2. The number of esters is 1. The first-order chi connectivity index (χ1) is 21.9. The Kier molecular flexibility index (Phi) is 9.74. The standard InChI is InChI=1S/C36H45N3O7/c1-6-44-34(42)31-29(25-14-10-11-15-28(25)45-31)27-20-26(23-12-8-7-9-13-23)30(32(37)40)39(27)33(41)24-18-16-22(17-19-24)21(2)38-35(43)46-36(3,4)5/h7-15,21-22,24,26-27,30H,6,16-20H2,1-5H3,(H2,37,40)(H,38,43)/t21?,22-,24-,26-,27?,30+/m1/s1. The number of likely N-dealkylation sites (tertiary alicyclic amines) is 1. The first-order valence-electron chi connectivity index (χ1n) is 16.2. The summed E-state index contributed by atoms with van der Waals surface area (Å²) in [6, 6.07) is 15.2. The molecule has 1 aliphatic heterocycles. The van der Waals surface area contributed by atoms with Gasteiger partial charge in [-0.25, -0.2) is 9.59 Å². The second-order valence-corrected chi connectivity index (χ2v) is 13.5. The first-order valence-corrected chi connectivity index (χ1v) is 16.2. The van der Waals surface area contributed by atoms with Gasteiger partial charge in [-0.3, -0.25) is 9.59 Å². The molecule has 0 bridgehead atoms. The van der Waals surface area contributed by atoms with Crippen molar-refractivity contribution in [2.24, 2.45) is 17.6 Å². The molecule has 2 heterocycles. The van der Waals surface area contributed by atoms with Gasteiger partial charge in [0, 0.05) is 28.8 Å². The lowest BCUT2D eigenvalue weighted by Crippen LogP contribution is -2.50. The number of nitrogens with two attached hydrogens (primary N) is 1. The van der Waals surface area contributed by atoms with Crippen LogP contribution in [0.5, 0.6) is 0 Å². The average Bonchev–Trinajstić information content (AvgIpc) is 3.60. The van der Waals surface area contributed by atoms with Crippen molar-refractivity contribution in [3.63, 3.8) is 0 Å². The zero-order valence-corrected chi connectivity index (χ0v) is 27.3. The van der Waals surface area contributed by atoms with Gasteiger partial charge in [-0.05, 0) is 84.3 Å². The van der Waals surface area contributed by atoms with Crippen LogP contribution in [0.15, 0.2) is 59.0 Å². The van der Waals surface area contributed by atoms with Gasteiger partial charge in [0.15, 0.2) is 0 Å². The Bertz CT molecular complexity index is 1570. The van der Waals surface area contributed by atoms with Crippen LogP contribution in [0.3, 0.4) is 0 Å². The summed E-state index contributed by atoms with van der Waals surface area (Å²) in [5.74, 6) is -1.92. The Balaban J connectivity index is 1.47. The van der Waals surface area contributed by atoms with Crippen LogP contribution in [0, 0.1) is 11.8 Å². The second-order valence-electron chi connectivity index (χ2n) is 13.5. The van der Waals surface area contributed by atoms with Crippen LogP contribution in [0.25, 0.3) is 11.0 Å². The molecule has 46 heavy (non-hydrogen) atoms. The predicted octanol–water partition coefficient (Wildman–Crippen LogP) is 6.24. The number of nitrogens with one attached hydrogen (secondary N) is 1. The van der Waals surface area contributed by atoms with E-state index < -0.39 is 35.7 Å². The third-order valence-corrected chi connectivity index (χ3v) is 9.27. The monoisotopic (exact) mass is 631 g/mol. The largest absolute Gasteiger partial charge is 0.460 e. The molecule has 0 radical (unpaired) electrons. The van der Waals surface area contributed by atoms with E-state index in [0.717, 1.165) is 18.4 Å². The van der Waals surface area contributed by atoms with Gasteiger partial charge in [-0.1, -0.05) is 48.5 Å². The van der Waals surface area contributed by atoms with Gasteiger partial charge in [0.2, 0.25) is 17.6 Å². The minimum absolute atomic E-state index is 0.0357. The highest BCUT2D eigenvalue weighted by Gasteiger charge is 2.51. The van der Waals surface area contributed by atoms with Crippen molar-refractivity contribution in [3.05, 3.63) is 71.5 Å². The molecule has 0 spiro atoms. The summed E-state index contributed by atoms with van der Waals surface area (Å²) >= 11 is 0. The van der Waals surface area contributed by atoms with Crippen LogP contribution in [0.2, 0.25) is 0 Å². The van der Waals surface area contributed by atoms with Crippen LogP contribution in [-0.2, 0) is 19.1 Å². The highest BCUT2D eigenvalue weighted by molar-refractivity contribution is 5.98. The fourth-order valence-corrected chi connectivity index (χ4v) is 7.21. The van der Waals surface area contributed by atoms with Crippen LogP contribution in [0.4, 0.5) is 4.79 Å². The van der Waals surface area contributed by atoms with Crippen LogP contribution in [-0.4, -0.2) is 53.1 Å². The van der Waals surface area contributed by atoms with E-state index >= 15 is 0 Å². The second kappa shape index (κ2) is 13.6. The number of amides is 3. The van der Waals surface area contributed by atoms with Gasteiger partial charge in [0.25, 0.3) is 0 Å². The third kappa shape index (κ3) is 6.90. The van der Waals surface area contributed by atoms with Crippen LogP contribution < -0.4 is 11.1 Å². The lowest BCUT2D eigenvalue weighted by atomic mass is 9.78. The zero-order valence-electron chi connectivity index (χ0n) is 27.3. The molecule has 10 heteroatoms. The molecule has 1 aromatic heterocycles. The Labute approximate surface area is 270 Å². The molecule has 2 fully saturated rings. The molecular formula is C36H45N3O7. The summed E-state index contributed by atoms with van der Waals surface area (Å²) in [5.41, 5.74) is 7.44. The minimum atomic E-state index is -0.922. The lowest BCUT2D eigenvalue weighted by molar-refractivity contribution is -0.144. The van der Waals surface area contributed by atoms with Gasteiger partial charge < -0.3 is 29.8 Å². The van der Waals surface area contributed by atoms with E-state index in [9.17, 15) is 19.2 Å². The van der Waals surface area contributed by atoms with Gasteiger partial charge in [0.05, 0.1) is 12.6 Å². The minimum Gasteiger partial charge on any atom is -0.460 e. The normalized spacial score (nSPS) is 23.9. The number of ether oxygens (including phenoxy) is 2. The Morgan fingerprint density at radius 2 is 1.65 bits per heavy atom. The van der Waals surface area contributed by atoms with E-state index in [1.54, 1.807) is 17.9 Å². The van der Waals surface area contributed by atoms with Gasteiger partial charge >= 0.3 is 12.1 Å². The maximum absolute atomic E-state index is 14.6. The predicted molar refractivity (Wildman–Crippen MR) is 173 cm³/mol. The number of fused-ring (bicyclic) bond motifs is 1. The van der Waals surface area contributed by atoms with Gasteiger partial charge in [0.1, 0.15) is 17.2 Å². The molecule has 1 saturated heterocycles. The van der Waals surface area contributed by atoms with Crippen molar-refractivity contribution < 1.29 is 33.1 Å². The molecule has 3 N–H and O–H groups in total. The first kappa shape index (κ1) is 33.0. The topological polar surface area (TPSA) is 141 Å². The van der Waals surface area contributed by atoms with Crippen molar-refractivity contribution in [1.29, 1.82) is 0 Å². The third-order valence-electron chi connectivity index (χ3n) is 9.27. The molecule has 246 valence electrons. The molecule has 2 unspecified atom stereocenters. The van der Waals surface area contributed by atoms with Gasteiger partial charge in [-0.15, -0.1) is 0 Å². The Morgan fingerprint density at radius 3 is 2.28 bits per heavy atom. The summed E-state index contributed by atoms with van der Waals surface area (Å²) < 4.78 is 16.9. The number of rotatable bonds is 8. The molecule has 10 nitrogen and oxygen atoms in total. The molecule has 4 atom stereocenters. The highest BCUT2D eigenvalue weighted by Crippen LogP contribution is 2.50. The summed E-state index contributed by atoms with van der Waals surface area (Å²) in [7, 11) is 0. The van der Waals surface area contributed by atoms with E-state index in [-0.39, 0.29) is 42.1 Å². The SMILES string of the molecule is CCOC(=O)c1oc2ccccc2c1C1C[C@H](c2ccccc2)[C@@H](C(N)=O)N1C(=O)[C@H]1CC[C@H](C(C)NC(=O)OC(C)(C)C)CC1. The van der Waals surface area contributed by atoms with Crippen molar-refractivity contribution >= 4 is 34.8 Å². The lowest BCUT2D eigenvalue weighted by Gasteiger charge is -2.37. The number of nitrogens with zero attached hydrogens (tertiary/aromatic N) is 1. The number of primary amides is 1. The van der Waals surface area contributed by atoms with E-state index in [1.165, 1.54) is 0 Å². The number of carbonyl (C=O) groups is 4. The molecular weight excluding hydrogens is 586 g/mol. The van der Waals surface area contributed by atoms with E-state index in [0.29, 0.717) is 35.8 Å². The van der Waals surface area contributed by atoms with Crippen molar-refractivity contribution in [3.8, 4) is 0 Å². The number of para-hydroxylation sites is 1. The van der Waals surface area contributed by atoms with E-state index in [2.05, 4.69) is 5.32 Å². The fraction of sp³-hybridized carbons (Fsp3) is 0.500. The summed E-state index contributed by atoms with van der Waals surface area (Å²) in [6.07, 6.45) is 2.54. The zero-order chi connectivity index (χ0) is 33.2. The van der Waals surface area contributed by atoms with Crippen LogP contribution in [0.1, 0.15) is 100 Å². The van der Waals surface area contributed by atoms with Crippen molar-refractivity contribution in [2.45, 2.75) is 96.4 Å². The maximum Gasteiger partial charge on any atom is 0.407 e. The highest BCUT2D eigenvalue weighted by atomic mass is 16.6. The molecule has 3 aromatic rings. The fourth-order valence-electron chi connectivity index (χ4n) is 7.21. The van der Waals surface area contributed by atoms with Crippen molar-refractivity contribution in [2.75, 3.05) is 6.61 Å². The average molecular weight is 632 g/mol. The number of hydrogen-bond acceptors (Lipinski definition) is 7. The smallest absolute Gasteiger partial charge is 0.407 e. The van der Waals surface area contributed by atoms with Gasteiger partial charge in [-0.2, -0.15) is 0 Å². The molecule has 2 aliphatic rings. The Morgan fingerprint density at radius 1 is 1.00 bits per heavy atom. The molecule has 1 aliphatic carbocycles. The molecule has 2 aromatic carbocycles. The van der Waals surface area contributed by atoms with E-state index in [1.807, 2.05) is 76.2 Å². The molecule has 1 saturated carbocycles. The number of benzene rings is 2. The van der Waals surface area contributed by atoms with Crippen molar-refractivity contribution in [1.82, 2.24) is 10.2 Å². The molecule has 3 amide bonds. The number of carbonyl (C=O) groups excluding carboxylic acids is 4. The van der Waals surface area contributed by atoms with Crippen LogP contribution >= 0.6 is 0 Å². The van der Waals surface area contributed by atoms with E-state index in [4.69, 9.17) is 19.6 Å². The summed E-state index contributed by atoms with van der Waals surface area (Å²) in [5, 5.41) is 3.64. The summed E-state index contributed by atoms with van der Waals surface area (Å²) in [4.78, 5) is 55.2. The number of alkyl carbamates (subject to hydrolysis) is 1. The summed E-state index contributed by atoms with van der Waals surface area (Å²) in [6.45, 7) is 9.31. The maximum atomic E-state index is 14.6.